The molecule has 0 bridgehead atoms. The molecule has 2 rings (SSSR count). The van der Waals surface area contributed by atoms with Crippen molar-refractivity contribution in [2.45, 2.75) is 53.4 Å². The SMILES string of the molecule is CC(C)C1CC(C2=CCC(CO)C(C(C)C)C2)=CCC1CO. The monoisotopic (exact) mass is 306 g/mol. The minimum atomic E-state index is 0.312. The molecule has 2 aliphatic carbocycles. The van der Waals surface area contributed by atoms with Crippen molar-refractivity contribution in [3.63, 3.8) is 0 Å². The first-order chi connectivity index (χ1) is 10.5. The maximum Gasteiger partial charge on any atom is 0.0465 e. The van der Waals surface area contributed by atoms with E-state index in [1.807, 2.05) is 0 Å². The van der Waals surface area contributed by atoms with Crippen LogP contribution in [0.25, 0.3) is 0 Å². The van der Waals surface area contributed by atoms with E-state index in [9.17, 15) is 10.2 Å². The molecule has 2 heteroatoms. The fraction of sp³-hybridized carbons (Fsp3) is 0.800. The van der Waals surface area contributed by atoms with Crippen LogP contribution < -0.4 is 0 Å². The quantitative estimate of drug-likeness (QED) is 0.799. The molecule has 0 heterocycles. The fourth-order valence-electron chi connectivity index (χ4n) is 4.45. The highest BCUT2D eigenvalue weighted by molar-refractivity contribution is 5.35. The molecule has 2 nitrogen and oxygen atoms in total. The molecule has 0 aromatic carbocycles. The Morgan fingerprint density at radius 3 is 1.45 bits per heavy atom. The highest BCUT2D eigenvalue weighted by Crippen LogP contribution is 2.43. The van der Waals surface area contributed by atoms with Gasteiger partial charge in [0.05, 0.1) is 0 Å². The van der Waals surface area contributed by atoms with E-state index < -0.39 is 0 Å². The van der Waals surface area contributed by atoms with Gasteiger partial charge in [0, 0.05) is 13.2 Å². The molecule has 0 aliphatic heterocycles. The smallest absolute Gasteiger partial charge is 0.0465 e. The lowest BCUT2D eigenvalue weighted by Gasteiger charge is -2.38. The lowest BCUT2D eigenvalue weighted by molar-refractivity contribution is 0.134. The Bertz CT molecular complexity index is 379. The highest BCUT2D eigenvalue weighted by Gasteiger charge is 2.32. The first-order valence-corrected chi connectivity index (χ1v) is 9.08. The zero-order valence-corrected chi connectivity index (χ0v) is 14.8. The topological polar surface area (TPSA) is 40.5 Å². The average Bonchev–Trinajstić information content (AvgIpc) is 2.53. The van der Waals surface area contributed by atoms with Crippen molar-refractivity contribution >= 4 is 0 Å². The van der Waals surface area contributed by atoms with Gasteiger partial charge in [-0.25, -0.2) is 0 Å². The van der Waals surface area contributed by atoms with E-state index >= 15 is 0 Å². The van der Waals surface area contributed by atoms with E-state index in [-0.39, 0.29) is 0 Å². The van der Waals surface area contributed by atoms with Crippen LogP contribution in [-0.2, 0) is 0 Å². The summed E-state index contributed by atoms with van der Waals surface area (Å²) in [5.41, 5.74) is 3.04. The van der Waals surface area contributed by atoms with Crippen LogP contribution in [0.1, 0.15) is 53.4 Å². The predicted molar refractivity (Wildman–Crippen MR) is 92.4 cm³/mol. The van der Waals surface area contributed by atoms with Gasteiger partial charge in [-0.05, 0) is 72.3 Å². The molecule has 0 aromatic heterocycles. The van der Waals surface area contributed by atoms with E-state index in [0.717, 1.165) is 25.7 Å². The third kappa shape index (κ3) is 3.83. The van der Waals surface area contributed by atoms with Gasteiger partial charge in [-0.15, -0.1) is 0 Å². The summed E-state index contributed by atoms with van der Waals surface area (Å²) in [6.07, 6.45) is 9.01. The standard InChI is InChI=1S/C20H34O2/c1-13(2)19-9-15(5-7-17(19)11-21)16-6-8-18(12-22)20(10-16)14(3)4/h5-6,13-14,17-22H,7-12H2,1-4H3. The molecule has 0 radical (unpaired) electrons. The average molecular weight is 306 g/mol. The largest absolute Gasteiger partial charge is 0.396 e. The molecule has 2 aliphatic rings. The van der Waals surface area contributed by atoms with Crippen molar-refractivity contribution in [2.24, 2.45) is 35.5 Å². The Balaban J connectivity index is 2.14. The molecule has 2 N–H and O–H groups in total. The van der Waals surface area contributed by atoms with Crippen LogP contribution in [0.2, 0.25) is 0 Å². The summed E-state index contributed by atoms with van der Waals surface area (Å²) in [7, 11) is 0. The maximum absolute atomic E-state index is 9.62. The molecular weight excluding hydrogens is 272 g/mol. The van der Waals surface area contributed by atoms with Crippen LogP contribution in [0, 0.1) is 35.5 Å². The van der Waals surface area contributed by atoms with Crippen LogP contribution in [0.15, 0.2) is 23.3 Å². The van der Waals surface area contributed by atoms with E-state index in [0.29, 0.717) is 48.7 Å². The molecule has 4 unspecified atom stereocenters. The van der Waals surface area contributed by atoms with Gasteiger partial charge in [-0.1, -0.05) is 39.8 Å². The number of rotatable bonds is 5. The van der Waals surface area contributed by atoms with Gasteiger partial charge < -0.3 is 10.2 Å². The van der Waals surface area contributed by atoms with Gasteiger partial charge in [-0.2, -0.15) is 0 Å². The molecule has 0 saturated carbocycles. The predicted octanol–water partition coefficient (Wildman–Crippen LogP) is 4.19. The summed E-state index contributed by atoms with van der Waals surface area (Å²) < 4.78 is 0. The van der Waals surface area contributed by atoms with Crippen LogP contribution in [0.3, 0.4) is 0 Å². The molecule has 0 fully saturated rings. The van der Waals surface area contributed by atoms with Gasteiger partial charge in [0.2, 0.25) is 0 Å². The molecule has 0 amide bonds. The van der Waals surface area contributed by atoms with Crippen molar-refractivity contribution in [3.05, 3.63) is 23.3 Å². The third-order valence-corrected chi connectivity index (χ3v) is 6.05. The van der Waals surface area contributed by atoms with Crippen molar-refractivity contribution in [1.29, 1.82) is 0 Å². The Morgan fingerprint density at radius 1 is 0.818 bits per heavy atom. The van der Waals surface area contributed by atoms with E-state index in [1.165, 1.54) is 11.1 Å². The van der Waals surface area contributed by atoms with Gasteiger partial charge in [0.1, 0.15) is 0 Å². The Kier molecular flexibility index (Phi) is 6.28. The maximum atomic E-state index is 9.62. The van der Waals surface area contributed by atoms with E-state index in [1.54, 1.807) is 0 Å². The van der Waals surface area contributed by atoms with Gasteiger partial charge in [0.15, 0.2) is 0 Å². The number of hydrogen-bond donors (Lipinski definition) is 2. The Hall–Kier alpha value is -0.600. The molecule has 0 spiro atoms. The first kappa shape index (κ1) is 17.7. The third-order valence-electron chi connectivity index (χ3n) is 6.05. The Labute approximate surface area is 136 Å². The summed E-state index contributed by atoms with van der Waals surface area (Å²) in [6, 6.07) is 0. The second kappa shape index (κ2) is 7.79. The van der Waals surface area contributed by atoms with Gasteiger partial charge >= 0.3 is 0 Å². The van der Waals surface area contributed by atoms with Crippen molar-refractivity contribution in [2.75, 3.05) is 13.2 Å². The van der Waals surface area contributed by atoms with Crippen LogP contribution >= 0.6 is 0 Å². The lowest BCUT2D eigenvalue weighted by atomic mass is 9.68. The number of aliphatic hydroxyl groups excluding tert-OH is 2. The van der Waals surface area contributed by atoms with Crippen LogP contribution in [0.4, 0.5) is 0 Å². The van der Waals surface area contributed by atoms with Gasteiger partial charge in [0.25, 0.3) is 0 Å². The minimum absolute atomic E-state index is 0.312. The number of aliphatic hydroxyl groups is 2. The molecular formula is C20H34O2. The first-order valence-electron chi connectivity index (χ1n) is 9.08. The minimum Gasteiger partial charge on any atom is -0.396 e. The van der Waals surface area contributed by atoms with E-state index in [2.05, 4.69) is 39.8 Å². The number of hydrogen-bond acceptors (Lipinski definition) is 2. The van der Waals surface area contributed by atoms with Gasteiger partial charge in [-0.3, -0.25) is 0 Å². The van der Waals surface area contributed by atoms with Crippen LogP contribution in [-0.4, -0.2) is 23.4 Å². The highest BCUT2D eigenvalue weighted by atomic mass is 16.3. The summed E-state index contributed by atoms with van der Waals surface area (Å²) >= 11 is 0. The zero-order chi connectivity index (χ0) is 16.3. The second-order valence-electron chi connectivity index (χ2n) is 8.04. The summed E-state index contributed by atoms with van der Waals surface area (Å²) in [5.74, 6) is 3.29. The van der Waals surface area contributed by atoms with Crippen molar-refractivity contribution < 1.29 is 10.2 Å². The zero-order valence-electron chi connectivity index (χ0n) is 14.8. The summed E-state index contributed by atoms with van der Waals surface area (Å²) in [6.45, 7) is 9.75. The fourth-order valence-corrected chi connectivity index (χ4v) is 4.45. The van der Waals surface area contributed by atoms with Crippen molar-refractivity contribution in [1.82, 2.24) is 0 Å². The molecule has 4 atom stereocenters. The van der Waals surface area contributed by atoms with Crippen LogP contribution in [0.5, 0.6) is 0 Å². The molecule has 0 aromatic rings. The Morgan fingerprint density at radius 2 is 1.18 bits per heavy atom. The van der Waals surface area contributed by atoms with E-state index in [4.69, 9.17) is 0 Å². The number of allylic oxidation sites excluding steroid dienone is 4. The second-order valence-corrected chi connectivity index (χ2v) is 8.04. The summed E-state index contributed by atoms with van der Waals surface area (Å²) in [4.78, 5) is 0. The molecule has 0 saturated heterocycles. The molecule has 126 valence electrons. The summed E-state index contributed by atoms with van der Waals surface area (Å²) in [5, 5.41) is 19.2. The lowest BCUT2D eigenvalue weighted by Crippen LogP contribution is -2.30. The van der Waals surface area contributed by atoms with Crippen molar-refractivity contribution in [3.8, 4) is 0 Å². The normalized spacial score (nSPS) is 33.1. The molecule has 22 heavy (non-hydrogen) atoms.